The van der Waals surface area contributed by atoms with Crippen molar-refractivity contribution in [2.45, 2.75) is 31.0 Å². The third kappa shape index (κ3) is 5.02. The van der Waals surface area contributed by atoms with E-state index in [4.69, 9.17) is 10.5 Å². The van der Waals surface area contributed by atoms with Crippen LogP contribution >= 0.6 is 23.7 Å². The first-order valence-electron chi connectivity index (χ1n) is 8.52. The molecule has 5 nitrogen and oxygen atoms in total. The lowest BCUT2D eigenvalue weighted by Crippen LogP contribution is -2.44. The number of carbonyl (C=O) groups is 1. The van der Waals surface area contributed by atoms with E-state index < -0.39 is 17.2 Å². The lowest BCUT2D eigenvalue weighted by atomic mass is 9.73. The van der Waals surface area contributed by atoms with Crippen LogP contribution in [0.1, 0.15) is 39.5 Å². The molecule has 0 bridgehead atoms. The number of nitrogens with one attached hydrogen (secondary N) is 1. The van der Waals surface area contributed by atoms with E-state index in [1.54, 1.807) is 11.4 Å². The van der Waals surface area contributed by atoms with E-state index in [0.29, 0.717) is 36.6 Å². The molecule has 3 rings (SSSR count). The minimum absolute atomic E-state index is 0. The second-order valence-electron chi connectivity index (χ2n) is 6.48. The van der Waals surface area contributed by atoms with Crippen LogP contribution in [0.25, 0.3) is 0 Å². The van der Waals surface area contributed by atoms with Crippen LogP contribution in [0.5, 0.6) is 0 Å². The molecule has 1 aliphatic heterocycles. The Morgan fingerprint density at radius 3 is 2.64 bits per heavy atom. The van der Waals surface area contributed by atoms with Crippen molar-refractivity contribution in [3.05, 3.63) is 51.5 Å². The molecule has 28 heavy (non-hydrogen) atoms. The van der Waals surface area contributed by atoms with E-state index in [-0.39, 0.29) is 37.1 Å². The van der Waals surface area contributed by atoms with Gasteiger partial charge in [0.25, 0.3) is 5.91 Å². The Hall–Kier alpha value is -1.68. The zero-order valence-electron chi connectivity index (χ0n) is 14.9. The van der Waals surface area contributed by atoms with Gasteiger partial charge in [0.1, 0.15) is 10.7 Å². The van der Waals surface area contributed by atoms with Crippen molar-refractivity contribution in [3.63, 3.8) is 0 Å². The molecule has 1 saturated heterocycles. The summed E-state index contributed by atoms with van der Waals surface area (Å²) in [5, 5.41) is 5.11. The van der Waals surface area contributed by atoms with Crippen molar-refractivity contribution in [2.75, 3.05) is 19.8 Å². The molecule has 1 aromatic carbocycles. The Kier molecular flexibility index (Phi) is 7.44. The number of hydrogen-bond donors (Lipinski definition) is 2. The van der Waals surface area contributed by atoms with Crippen molar-refractivity contribution in [1.82, 2.24) is 10.3 Å². The zero-order valence-corrected chi connectivity index (χ0v) is 16.6. The van der Waals surface area contributed by atoms with Gasteiger partial charge in [0.2, 0.25) is 0 Å². The fourth-order valence-corrected chi connectivity index (χ4v) is 3.86. The number of benzene rings is 1. The van der Waals surface area contributed by atoms with Gasteiger partial charge in [0.05, 0.1) is 5.56 Å². The van der Waals surface area contributed by atoms with E-state index in [9.17, 15) is 18.0 Å². The minimum atomic E-state index is -4.41. The van der Waals surface area contributed by atoms with Gasteiger partial charge in [-0.15, -0.1) is 23.7 Å². The smallest absolute Gasteiger partial charge is 0.381 e. The standard InChI is InChI=1S/C18H20F3N3O2S.ClH/c19-18(20,21)13-3-1-2-12(8-13)17(4-6-26-7-5-17)11-23-16(25)14-10-27-15(9-22)24-14;/h1-3,8,10H,4-7,9,11,22H2,(H,23,25);1H. The number of amides is 1. The molecule has 0 unspecified atom stereocenters. The molecule has 154 valence electrons. The Bertz CT molecular complexity index is 807. The average Bonchev–Trinajstić information content (AvgIpc) is 3.16. The van der Waals surface area contributed by atoms with Gasteiger partial charge in [0, 0.05) is 37.1 Å². The summed E-state index contributed by atoms with van der Waals surface area (Å²) >= 11 is 1.30. The SMILES string of the molecule is Cl.NCc1nc(C(=O)NCC2(c3cccc(C(F)(F)F)c3)CCOCC2)cs1. The highest BCUT2D eigenvalue weighted by atomic mass is 35.5. The van der Waals surface area contributed by atoms with Gasteiger partial charge in [-0.2, -0.15) is 13.2 Å². The second-order valence-corrected chi connectivity index (χ2v) is 7.43. The number of hydrogen-bond acceptors (Lipinski definition) is 5. The number of nitrogens with zero attached hydrogens (tertiary/aromatic N) is 1. The second kappa shape index (κ2) is 9.21. The zero-order chi connectivity index (χ0) is 19.5. The quantitative estimate of drug-likeness (QED) is 0.753. The molecular formula is C18H21ClF3N3O2S. The molecule has 0 atom stereocenters. The van der Waals surface area contributed by atoms with Crippen molar-refractivity contribution in [2.24, 2.45) is 5.73 Å². The van der Waals surface area contributed by atoms with Gasteiger partial charge >= 0.3 is 6.18 Å². The van der Waals surface area contributed by atoms with Gasteiger partial charge in [-0.25, -0.2) is 4.98 Å². The Balaban J connectivity index is 0.00000280. The van der Waals surface area contributed by atoms with Crippen LogP contribution in [-0.2, 0) is 22.9 Å². The van der Waals surface area contributed by atoms with E-state index >= 15 is 0 Å². The first kappa shape index (κ1) is 22.6. The molecule has 1 amide bonds. The highest BCUT2D eigenvalue weighted by Crippen LogP contribution is 2.37. The fraction of sp³-hybridized carbons (Fsp3) is 0.444. The molecular weight excluding hydrogens is 415 g/mol. The van der Waals surface area contributed by atoms with Gasteiger partial charge in [0.15, 0.2) is 0 Å². The predicted octanol–water partition coefficient (Wildman–Crippen LogP) is 3.52. The Morgan fingerprint density at radius 2 is 2.04 bits per heavy atom. The molecule has 2 aromatic rings. The number of halogens is 4. The van der Waals surface area contributed by atoms with Crippen molar-refractivity contribution < 1.29 is 22.7 Å². The number of carbonyl (C=O) groups excluding carboxylic acids is 1. The van der Waals surface area contributed by atoms with Crippen molar-refractivity contribution >= 4 is 29.7 Å². The summed E-state index contributed by atoms with van der Waals surface area (Å²) in [5.74, 6) is -0.358. The lowest BCUT2D eigenvalue weighted by Gasteiger charge is -2.38. The maximum atomic E-state index is 13.1. The van der Waals surface area contributed by atoms with Crippen LogP contribution in [0.2, 0.25) is 0 Å². The van der Waals surface area contributed by atoms with Crippen LogP contribution in [0, 0.1) is 0 Å². The maximum Gasteiger partial charge on any atom is 0.416 e. The molecule has 2 heterocycles. The molecule has 1 aliphatic rings. The first-order valence-corrected chi connectivity index (χ1v) is 9.40. The molecule has 0 radical (unpaired) electrons. The van der Waals surface area contributed by atoms with E-state index in [1.807, 2.05) is 0 Å². The van der Waals surface area contributed by atoms with Crippen LogP contribution in [-0.4, -0.2) is 30.6 Å². The number of rotatable bonds is 5. The van der Waals surface area contributed by atoms with Crippen LogP contribution in [0.4, 0.5) is 13.2 Å². The third-order valence-corrected chi connectivity index (χ3v) is 5.67. The Labute approximate surface area is 170 Å². The van der Waals surface area contributed by atoms with Gasteiger partial charge in [-0.3, -0.25) is 4.79 Å². The highest BCUT2D eigenvalue weighted by molar-refractivity contribution is 7.09. The molecule has 0 aliphatic carbocycles. The fourth-order valence-electron chi connectivity index (χ4n) is 3.20. The largest absolute Gasteiger partial charge is 0.416 e. The molecule has 3 N–H and O–H groups in total. The number of ether oxygens (including phenoxy) is 1. The van der Waals surface area contributed by atoms with Crippen LogP contribution in [0.3, 0.4) is 0 Å². The lowest BCUT2D eigenvalue weighted by molar-refractivity contribution is -0.137. The van der Waals surface area contributed by atoms with Crippen LogP contribution in [0.15, 0.2) is 29.6 Å². The maximum absolute atomic E-state index is 13.1. The predicted molar refractivity (Wildman–Crippen MR) is 103 cm³/mol. The summed E-state index contributed by atoms with van der Waals surface area (Å²) in [5.41, 5.74) is 5.04. The summed E-state index contributed by atoms with van der Waals surface area (Å²) in [6, 6.07) is 5.32. The number of aromatic nitrogens is 1. The van der Waals surface area contributed by atoms with Gasteiger partial charge < -0.3 is 15.8 Å². The number of alkyl halides is 3. The summed E-state index contributed by atoms with van der Waals surface area (Å²) in [6.07, 6.45) is -3.36. The normalized spacial score (nSPS) is 16.3. The first-order chi connectivity index (χ1) is 12.8. The number of thiazole rings is 1. The van der Waals surface area contributed by atoms with Crippen molar-refractivity contribution in [1.29, 1.82) is 0 Å². The van der Waals surface area contributed by atoms with E-state index in [0.717, 1.165) is 6.07 Å². The van der Waals surface area contributed by atoms with Crippen molar-refractivity contribution in [3.8, 4) is 0 Å². The monoisotopic (exact) mass is 435 g/mol. The summed E-state index contributed by atoms with van der Waals surface area (Å²) in [7, 11) is 0. The molecule has 0 saturated carbocycles. The average molecular weight is 436 g/mol. The summed E-state index contributed by atoms with van der Waals surface area (Å²) < 4.78 is 44.8. The van der Waals surface area contributed by atoms with E-state index in [1.165, 1.54) is 23.5 Å². The number of nitrogens with two attached hydrogens (primary N) is 1. The minimum Gasteiger partial charge on any atom is -0.381 e. The van der Waals surface area contributed by atoms with Gasteiger partial charge in [-0.1, -0.05) is 18.2 Å². The van der Waals surface area contributed by atoms with Gasteiger partial charge in [-0.05, 0) is 24.5 Å². The molecule has 10 heteroatoms. The topological polar surface area (TPSA) is 77.2 Å². The van der Waals surface area contributed by atoms with Crippen LogP contribution < -0.4 is 11.1 Å². The molecule has 1 fully saturated rings. The summed E-state index contributed by atoms with van der Waals surface area (Å²) in [6.45, 7) is 1.33. The summed E-state index contributed by atoms with van der Waals surface area (Å²) in [4.78, 5) is 16.5. The van der Waals surface area contributed by atoms with E-state index in [2.05, 4.69) is 10.3 Å². The highest BCUT2D eigenvalue weighted by Gasteiger charge is 2.37. The molecule has 0 spiro atoms. The third-order valence-electron chi connectivity index (χ3n) is 4.80. The Morgan fingerprint density at radius 1 is 1.32 bits per heavy atom. The molecule has 1 aromatic heterocycles.